The molecule has 82 valence electrons. The monoisotopic (exact) mass is 216 g/mol. The second-order valence-electron chi connectivity index (χ2n) is 3.90. The Morgan fingerprint density at radius 1 is 1.07 bits per heavy atom. The predicted octanol–water partition coefficient (Wildman–Crippen LogP) is 2.73. The van der Waals surface area contributed by atoms with Gasteiger partial charge in [0.25, 0.3) is 0 Å². The van der Waals surface area contributed by atoms with Gasteiger partial charge in [0.2, 0.25) is 0 Å². The molecule has 0 aliphatic heterocycles. The number of rotatable bonds is 1. The molecule has 4 heteroatoms. The second-order valence-corrected chi connectivity index (χ2v) is 3.90. The van der Waals surface area contributed by atoms with Crippen LogP contribution in [0.15, 0.2) is 12.1 Å². The van der Waals surface area contributed by atoms with E-state index in [-0.39, 0.29) is 5.92 Å². The molecule has 1 aliphatic rings. The molecule has 1 fully saturated rings. The molecule has 1 nitrogen and oxygen atoms in total. The molecule has 1 aromatic carbocycles. The minimum absolute atomic E-state index is 0.269. The first-order valence-corrected chi connectivity index (χ1v) is 4.92. The minimum atomic E-state index is -1.45. The lowest BCUT2D eigenvalue weighted by Gasteiger charge is -2.15. The van der Waals surface area contributed by atoms with Gasteiger partial charge in [-0.15, -0.1) is 0 Å². The second kappa shape index (κ2) is 3.85. The zero-order chi connectivity index (χ0) is 11.0. The zero-order valence-electron chi connectivity index (χ0n) is 8.01. The Morgan fingerprint density at radius 3 is 2.13 bits per heavy atom. The molecule has 0 spiro atoms. The van der Waals surface area contributed by atoms with E-state index in [2.05, 4.69) is 0 Å². The van der Waals surface area contributed by atoms with Crippen LogP contribution in [0.1, 0.15) is 30.7 Å². The average Bonchev–Trinajstić information content (AvgIpc) is 2.60. The lowest BCUT2D eigenvalue weighted by atomic mass is 9.95. The van der Waals surface area contributed by atoms with Crippen LogP contribution >= 0.6 is 0 Å². The van der Waals surface area contributed by atoms with Crippen molar-refractivity contribution in [1.82, 2.24) is 0 Å². The third-order valence-corrected chi connectivity index (χ3v) is 2.91. The number of benzene rings is 1. The summed E-state index contributed by atoms with van der Waals surface area (Å²) < 4.78 is 38.5. The van der Waals surface area contributed by atoms with E-state index in [1.807, 2.05) is 0 Å². The molecule has 1 saturated carbocycles. The Kier molecular flexibility index (Phi) is 2.69. The Balaban J connectivity index is 2.36. The SMILES string of the molecule is O[C@H]1CCC[C@@H]1c1cc(F)c(F)c(F)c1. The molecule has 1 aliphatic carbocycles. The number of aliphatic hydroxyl groups is 1. The summed E-state index contributed by atoms with van der Waals surface area (Å²) in [6.45, 7) is 0. The summed E-state index contributed by atoms with van der Waals surface area (Å²) in [4.78, 5) is 0. The highest BCUT2D eigenvalue weighted by Crippen LogP contribution is 2.35. The topological polar surface area (TPSA) is 20.2 Å². The van der Waals surface area contributed by atoms with E-state index in [4.69, 9.17) is 0 Å². The fraction of sp³-hybridized carbons (Fsp3) is 0.455. The maximum atomic E-state index is 12.9. The van der Waals surface area contributed by atoms with Gasteiger partial charge in [-0.1, -0.05) is 6.42 Å². The van der Waals surface area contributed by atoms with E-state index in [0.717, 1.165) is 18.6 Å². The third-order valence-electron chi connectivity index (χ3n) is 2.91. The largest absolute Gasteiger partial charge is 0.392 e. The highest BCUT2D eigenvalue weighted by molar-refractivity contribution is 5.25. The molecule has 0 radical (unpaired) electrons. The van der Waals surface area contributed by atoms with Crippen molar-refractivity contribution in [3.05, 3.63) is 35.1 Å². The van der Waals surface area contributed by atoms with Crippen molar-refractivity contribution in [2.45, 2.75) is 31.3 Å². The molecule has 2 rings (SSSR count). The standard InChI is InChI=1S/C11H11F3O/c12-8-4-6(5-9(13)11(8)14)7-2-1-3-10(7)15/h4-5,7,10,15H,1-3H2/t7-,10+/m1/s1. The summed E-state index contributed by atoms with van der Waals surface area (Å²) >= 11 is 0. The van der Waals surface area contributed by atoms with E-state index in [9.17, 15) is 18.3 Å². The summed E-state index contributed by atoms with van der Waals surface area (Å²) in [6, 6.07) is 1.94. The van der Waals surface area contributed by atoms with Crippen molar-refractivity contribution in [1.29, 1.82) is 0 Å². The maximum Gasteiger partial charge on any atom is 0.194 e. The van der Waals surface area contributed by atoms with Crippen LogP contribution < -0.4 is 0 Å². The van der Waals surface area contributed by atoms with Gasteiger partial charge in [-0.25, -0.2) is 13.2 Å². The molecule has 1 N–H and O–H groups in total. The first-order chi connectivity index (χ1) is 7.09. The van der Waals surface area contributed by atoms with Crippen LogP contribution in [0.25, 0.3) is 0 Å². The summed E-state index contributed by atoms with van der Waals surface area (Å²) in [6.07, 6.45) is 1.57. The maximum absolute atomic E-state index is 12.9. The smallest absolute Gasteiger partial charge is 0.194 e. The zero-order valence-corrected chi connectivity index (χ0v) is 8.01. The van der Waals surface area contributed by atoms with Crippen LogP contribution in [-0.4, -0.2) is 11.2 Å². The number of hydrogen-bond acceptors (Lipinski definition) is 1. The molecule has 0 amide bonds. The highest BCUT2D eigenvalue weighted by Gasteiger charge is 2.28. The molecular weight excluding hydrogens is 205 g/mol. The lowest BCUT2D eigenvalue weighted by Crippen LogP contribution is -2.12. The predicted molar refractivity (Wildman–Crippen MR) is 48.9 cm³/mol. The normalized spacial score (nSPS) is 25.9. The summed E-state index contributed by atoms with van der Waals surface area (Å²) in [5, 5.41) is 9.55. The molecule has 0 saturated heterocycles. The summed E-state index contributed by atoms with van der Waals surface area (Å²) in [7, 11) is 0. The molecule has 1 aromatic rings. The van der Waals surface area contributed by atoms with Crippen LogP contribution in [0.5, 0.6) is 0 Å². The quantitative estimate of drug-likeness (QED) is 0.715. The van der Waals surface area contributed by atoms with Gasteiger partial charge in [-0.2, -0.15) is 0 Å². The van der Waals surface area contributed by atoms with Crippen LogP contribution in [0.2, 0.25) is 0 Å². The fourth-order valence-corrected chi connectivity index (χ4v) is 2.12. The van der Waals surface area contributed by atoms with Gasteiger partial charge >= 0.3 is 0 Å². The number of halogens is 3. The van der Waals surface area contributed by atoms with Crippen LogP contribution in [0.3, 0.4) is 0 Å². The van der Waals surface area contributed by atoms with Crippen molar-refractivity contribution >= 4 is 0 Å². The van der Waals surface area contributed by atoms with Crippen LogP contribution in [0, 0.1) is 17.5 Å². The number of hydrogen-bond donors (Lipinski definition) is 1. The molecule has 0 aromatic heterocycles. The van der Waals surface area contributed by atoms with E-state index in [0.29, 0.717) is 18.4 Å². The lowest BCUT2D eigenvalue weighted by molar-refractivity contribution is 0.163. The first kappa shape index (κ1) is 10.5. The van der Waals surface area contributed by atoms with Gasteiger partial charge in [-0.05, 0) is 30.5 Å². The van der Waals surface area contributed by atoms with E-state index in [1.54, 1.807) is 0 Å². The van der Waals surface area contributed by atoms with E-state index < -0.39 is 23.6 Å². The molecular formula is C11H11F3O. The number of aliphatic hydroxyl groups excluding tert-OH is 1. The summed E-state index contributed by atoms with van der Waals surface area (Å²) in [5.41, 5.74) is 0.344. The molecule has 0 heterocycles. The van der Waals surface area contributed by atoms with Gasteiger partial charge < -0.3 is 5.11 Å². The average molecular weight is 216 g/mol. The Morgan fingerprint density at radius 2 is 1.67 bits per heavy atom. The Labute approximate surface area is 85.5 Å². The fourth-order valence-electron chi connectivity index (χ4n) is 2.12. The van der Waals surface area contributed by atoms with Crippen molar-refractivity contribution in [3.8, 4) is 0 Å². The Hall–Kier alpha value is -1.03. The minimum Gasteiger partial charge on any atom is -0.392 e. The Bertz CT molecular complexity index is 355. The van der Waals surface area contributed by atoms with Gasteiger partial charge in [0.15, 0.2) is 17.5 Å². The van der Waals surface area contributed by atoms with Gasteiger partial charge in [0, 0.05) is 5.92 Å². The molecule has 0 bridgehead atoms. The van der Waals surface area contributed by atoms with E-state index >= 15 is 0 Å². The molecule has 15 heavy (non-hydrogen) atoms. The van der Waals surface area contributed by atoms with Gasteiger partial charge in [0.05, 0.1) is 6.10 Å². The van der Waals surface area contributed by atoms with E-state index in [1.165, 1.54) is 0 Å². The van der Waals surface area contributed by atoms with Crippen molar-refractivity contribution in [2.24, 2.45) is 0 Å². The van der Waals surface area contributed by atoms with Crippen molar-refractivity contribution < 1.29 is 18.3 Å². The molecule has 0 unspecified atom stereocenters. The van der Waals surface area contributed by atoms with Crippen molar-refractivity contribution in [3.63, 3.8) is 0 Å². The summed E-state index contributed by atoms with van der Waals surface area (Å²) in [5.74, 6) is -4.10. The highest BCUT2D eigenvalue weighted by atomic mass is 19.2. The van der Waals surface area contributed by atoms with Gasteiger partial charge in [0.1, 0.15) is 0 Å². The molecule has 2 atom stereocenters. The van der Waals surface area contributed by atoms with Gasteiger partial charge in [-0.3, -0.25) is 0 Å². The third kappa shape index (κ3) is 1.86. The van der Waals surface area contributed by atoms with Crippen LogP contribution in [0.4, 0.5) is 13.2 Å². The van der Waals surface area contributed by atoms with Crippen LogP contribution in [-0.2, 0) is 0 Å². The van der Waals surface area contributed by atoms with Crippen molar-refractivity contribution in [2.75, 3.05) is 0 Å². The first-order valence-electron chi connectivity index (χ1n) is 4.92.